The third-order valence-corrected chi connectivity index (χ3v) is 4.58. The predicted molar refractivity (Wildman–Crippen MR) is 102 cm³/mol. The molecular formula is C21H17N5O2. The van der Waals surface area contributed by atoms with Crippen LogP contribution in [0.3, 0.4) is 0 Å². The van der Waals surface area contributed by atoms with E-state index in [9.17, 15) is 4.79 Å². The lowest BCUT2D eigenvalue weighted by atomic mass is 9.95. The Labute approximate surface area is 161 Å². The Morgan fingerprint density at radius 2 is 1.96 bits per heavy atom. The van der Waals surface area contributed by atoms with Crippen molar-refractivity contribution in [2.45, 2.75) is 19.6 Å². The monoisotopic (exact) mass is 371 g/mol. The van der Waals surface area contributed by atoms with Crippen molar-refractivity contribution in [3.05, 3.63) is 88.9 Å². The van der Waals surface area contributed by atoms with Crippen molar-refractivity contribution in [3.63, 3.8) is 0 Å². The zero-order valence-corrected chi connectivity index (χ0v) is 15.2. The highest BCUT2D eigenvalue weighted by Gasteiger charge is 2.34. The van der Waals surface area contributed by atoms with Crippen molar-refractivity contribution in [2.75, 3.05) is 5.32 Å². The van der Waals surface area contributed by atoms with E-state index in [0.29, 0.717) is 22.8 Å². The first-order valence-corrected chi connectivity index (χ1v) is 8.76. The number of nitrogens with zero attached hydrogens (tertiary/aromatic N) is 4. The van der Waals surface area contributed by atoms with Gasteiger partial charge in [0.05, 0.1) is 17.2 Å². The van der Waals surface area contributed by atoms with E-state index in [1.54, 1.807) is 16.8 Å². The van der Waals surface area contributed by atoms with E-state index in [2.05, 4.69) is 21.5 Å². The number of aromatic nitrogens is 3. The van der Waals surface area contributed by atoms with E-state index >= 15 is 0 Å². The molecule has 28 heavy (non-hydrogen) atoms. The summed E-state index contributed by atoms with van der Waals surface area (Å²) in [7, 11) is 0. The Morgan fingerprint density at radius 1 is 1.21 bits per heavy atom. The number of rotatable bonds is 4. The fourth-order valence-electron chi connectivity index (χ4n) is 3.20. The van der Waals surface area contributed by atoms with Gasteiger partial charge in [-0.3, -0.25) is 0 Å². The minimum atomic E-state index is -0.491. The molecule has 0 radical (unpaired) electrons. The number of esters is 1. The first-order valence-electron chi connectivity index (χ1n) is 8.76. The maximum absolute atomic E-state index is 13.0. The number of nitriles is 1. The Kier molecular flexibility index (Phi) is 4.60. The third kappa shape index (κ3) is 3.23. The average molecular weight is 371 g/mol. The topological polar surface area (TPSA) is 92.8 Å². The number of carbonyl (C=O) groups is 1. The number of nitrogens with one attached hydrogen (secondary N) is 1. The molecule has 0 amide bonds. The number of carbonyl (C=O) groups excluding carboxylic acids is 1. The van der Waals surface area contributed by atoms with Crippen molar-refractivity contribution in [3.8, 4) is 6.07 Å². The molecule has 1 aliphatic rings. The number of fused-ring (bicyclic) bond motifs is 1. The van der Waals surface area contributed by atoms with Gasteiger partial charge in [0.1, 0.15) is 19.0 Å². The third-order valence-electron chi connectivity index (χ3n) is 4.58. The summed E-state index contributed by atoms with van der Waals surface area (Å²) in [4.78, 5) is 17.2. The van der Waals surface area contributed by atoms with Crippen LogP contribution >= 0.6 is 0 Å². The van der Waals surface area contributed by atoms with Gasteiger partial charge in [0.25, 0.3) is 0 Å². The number of benzene rings is 2. The lowest BCUT2D eigenvalue weighted by molar-refractivity contribution is -0.140. The first kappa shape index (κ1) is 17.5. The average Bonchev–Trinajstić information content (AvgIpc) is 3.20. The molecule has 1 aromatic heterocycles. The number of hydrogen-bond acceptors (Lipinski definition) is 6. The van der Waals surface area contributed by atoms with E-state index in [-0.39, 0.29) is 6.61 Å². The molecule has 0 bridgehead atoms. The fourth-order valence-corrected chi connectivity index (χ4v) is 3.20. The van der Waals surface area contributed by atoms with Gasteiger partial charge in [-0.2, -0.15) is 15.3 Å². The van der Waals surface area contributed by atoms with Crippen molar-refractivity contribution in [2.24, 2.45) is 0 Å². The second kappa shape index (κ2) is 7.37. The molecule has 1 aliphatic heterocycles. The number of hydrogen-bond donors (Lipinski definition) is 1. The summed E-state index contributed by atoms with van der Waals surface area (Å²) in [5.74, 6) is 0.121. The van der Waals surface area contributed by atoms with Crippen LogP contribution in [0.25, 0.3) is 0 Å². The standard InChI is InChI=1S/C21H17N5O2/c1-14-18(20(27)28-12-16-5-3-2-4-6-16)19(26-21(25-14)23-13-24-26)17-9-7-15(11-22)8-10-17/h2-10,13,19H,12H2,1H3,(H,23,24,25). The van der Waals surface area contributed by atoms with Crippen LogP contribution in [0.2, 0.25) is 0 Å². The fraction of sp³-hybridized carbons (Fsp3) is 0.143. The lowest BCUT2D eigenvalue weighted by Crippen LogP contribution is -2.29. The predicted octanol–water partition coefficient (Wildman–Crippen LogP) is 3.18. The Balaban J connectivity index is 1.68. The van der Waals surface area contributed by atoms with Crippen molar-refractivity contribution < 1.29 is 9.53 Å². The van der Waals surface area contributed by atoms with E-state index < -0.39 is 12.0 Å². The second-order valence-corrected chi connectivity index (χ2v) is 6.39. The van der Waals surface area contributed by atoms with Gasteiger partial charge in [0.2, 0.25) is 5.95 Å². The number of anilines is 1. The molecule has 7 nitrogen and oxygen atoms in total. The van der Waals surface area contributed by atoms with Gasteiger partial charge < -0.3 is 10.1 Å². The van der Waals surface area contributed by atoms with Gasteiger partial charge in [-0.15, -0.1) is 0 Å². The van der Waals surface area contributed by atoms with Crippen LogP contribution < -0.4 is 5.32 Å². The quantitative estimate of drug-likeness (QED) is 0.708. The van der Waals surface area contributed by atoms with Crippen LogP contribution in [0.15, 0.2) is 72.2 Å². The Morgan fingerprint density at radius 3 is 2.68 bits per heavy atom. The molecule has 1 unspecified atom stereocenters. The summed E-state index contributed by atoms with van der Waals surface area (Å²) in [6, 6.07) is 18.2. The van der Waals surface area contributed by atoms with Crippen LogP contribution in [-0.2, 0) is 16.1 Å². The molecule has 138 valence electrons. The molecule has 1 N–H and O–H groups in total. The Hall–Kier alpha value is -3.92. The largest absolute Gasteiger partial charge is 0.457 e. The second-order valence-electron chi connectivity index (χ2n) is 6.39. The minimum absolute atomic E-state index is 0.181. The Bertz CT molecular complexity index is 1080. The highest BCUT2D eigenvalue weighted by Crippen LogP contribution is 2.35. The van der Waals surface area contributed by atoms with Gasteiger partial charge in [-0.05, 0) is 30.2 Å². The molecule has 0 saturated heterocycles. The molecule has 0 aliphatic carbocycles. The molecule has 0 spiro atoms. The van der Waals surface area contributed by atoms with E-state index in [4.69, 9.17) is 10.00 Å². The van der Waals surface area contributed by atoms with Crippen molar-refractivity contribution in [1.82, 2.24) is 14.8 Å². The SMILES string of the molecule is CC1=C(C(=O)OCc2ccccc2)C(c2ccc(C#N)cc2)n2ncnc2N1. The molecular weight excluding hydrogens is 354 g/mol. The molecule has 2 heterocycles. The van der Waals surface area contributed by atoms with Gasteiger partial charge >= 0.3 is 5.97 Å². The summed E-state index contributed by atoms with van der Waals surface area (Å²) in [6.07, 6.45) is 1.44. The highest BCUT2D eigenvalue weighted by atomic mass is 16.5. The summed E-state index contributed by atoms with van der Waals surface area (Å²) in [6.45, 7) is 1.99. The highest BCUT2D eigenvalue weighted by molar-refractivity contribution is 5.92. The molecule has 4 rings (SSSR count). The van der Waals surface area contributed by atoms with Gasteiger partial charge in [0, 0.05) is 5.70 Å². The summed E-state index contributed by atoms with van der Waals surface area (Å²) < 4.78 is 7.22. The number of allylic oxidation sites excluding steroid dienone is 1. The van der Waals surface area contributed by atoms with E-state index in [0.717, 1.165) is 11.1 Å². The normalized spacial score (nSPS) is 15.4. The van der Waals surface area contributed by atoms with Gasteiger partial charge in [-0.25, -0.2) is 9.48 Å². The number of ether oxygens (including phenoxy) is 1. The maximum atomic E-state index is 13.0. The zero-order chi connectivity index (χ0) is 19.5. The minimum Gasteiger partial charge on any atom is -0.457 e. The smallest absolute Gasteiger partial charge is 0.338 e. The van der Waals surface area contributed by atoms with Gasteiger partial charge in [0.15, 0.2) is 0 Å². The van der Waals surface area contributed by atoms with E-state index in [1.807, 2.05) is 49.4 Å². The maximum Gasteiger partial charge on any atom is 0.338 e. The van der Waals surface area contributed by atoms with Crippen molar-refractivity contribution in [1.29, 1.82) is 5.26 Å². The van der Waals surface area contributed by atoms with Gasteiger partial charge in [-0.1, -0.05) is 42.5 Å². The lowest BCUT2D eigenvalue weighted by Gasteiger charge is -2.28. The van der Waals surface area contributed by atoms with Crippen LogP contribution in [0.5, 0.6) is 0 Å². The van der Waals surface area contributed by atoms with Crippen molar-refractivity contribution >= 4 is 11.9 Å². The molecule has 3 aromatic rings. The van der Waals surface area contributed by atoms with Crippen LogP contribution in [-0.4, -0.2) is 20.7 Å². The van der Waals surface area contributed by atoms with Crippen LogP contribution in [0.4, 0.5) is 5.95 Å². The molecule has 0 fully saturated rings. The van der Waals surface area contributed by atoms with E-state index in [1.165, 1.54) is 6.33 Å². The van der Waals surface area contributed by atoms with Crippen LogP contribution in [0, 0.1) is 11.3 Å². The summed E-state index contributed by atoms with van der Waals surface area (Å²) in [5.41, 5.74) is 3.39. The molecule has 2 aromatic carbocycles. The zero-order valence-electron chi connectivity index (χ0n) is 15.2. The van der Waals surface area contributed by atoms with Crippen LogP contribution in [0.1, 0.15) is 29.7 Å². The summed E-state index contributed by atoms with van der Waals surface area (Å²) in [5, 5.41) is 16.4. The molecule has 1 atom stereocenters. The summed E-state index contributed by atoms with van der Waals surface area (Å²) >= 11 is 0. The molecule has 7 heteroatoms. The first-order chi connectivity index (χ1) is 13.7. The molecule has 0 saturated carbocycles.